The largest absolute Gasteiger partial charge is 0.322 e. The minimum Gasteiger partial charge on any atom is -0.322 e. The monoisotopic (exact) mass is 339 g/mol. The predicted octanol–water partition coefficient (Wildman–Crippen LogP) is 4.99. The minimum atomic E-state index is -0.136. The Morgan fingerprint density at radius 2 is 1.58 bits per heavy atom. The number of aromatic nitrogens is 2. The van der Waals surface area contributed by atoms with E-state index in [9.17, 15) is 4.79 Å². The van der Waals surface area contributed by atoms with Gasteiger partial charge in [-0.15, -0.1) is 0 Å². The zero-order valence-electron chi connectivity index (χ0n) is 14.0. The zero-order chi connectivity index (χ0) is 17.8. The lowest BCUT2D eigenvalue weighted by atomic mass is 10.1. The highest BCUT2D eigenvalue weighted by Gasteiger charge is 2.10. The van der Waals surface area contributed by atoms with E-state index >= 15 is 0 Å². The molecule has 0 unspecified atom stereocenters. The van der Waals surface area contributed by atoms with Crippen molar-refractivity contribution in [1.29, 1.82) is 0 Å². The number of aromatic amines is 1. The first-order valence-corrected chi connectivity index (χ1v) is 8.38. The number of rotatable bonds is 4. The van der Waals surface area contributed by atoms with E-state index in [2.05, 4.69) is 15.5 Å². The van der Waals surface area contributed by atoms with Crippen LogP contribution < -0.4 is 5.32 Å². The quantitative estimate of drug-likeness (QED) is 0.550. The van der Waals surface area contributed by atoms with Crippen molar-refractivity contribution >= 4 is 34.6 Å². The van der Waals surface area contributed by atoms with E-state index in [1.54, 1.807) is 0 Å². The molecule has 4 aromatic rings. The maximum atomic E-state index is 12.6. The Labute approximate surface area is 151 Å². The molecule has 2 N–H and O–H groups in total. The summed E-state index contributed by atoms with van der Waals surface area (Å²) in [6.07, 6.45) is 3.84. The van der Waals surface area contributed by atoms with Gasteiger partial charge in [0.1, 0.15) is 0 Å². The van der Waals surface area contributed by atoms with Gasteiger partial charge in [0.15, 0.2) is 0 Å². The molecule has 0 fully saturated rings. The summed E-state index contributed by atoms with van der Waals surface area (Å²) in [5.41, 5.74) is 4.07. The molecular weight excluding hydrogens is 322 g/mol. The van der Waals surface area contributed by atoms with Crippen molar-refractivity contribution in [2.24, 2.45) is 0 Å². The van der Waals surface area contributed by atoms with Gasteiger partial charge in [-0.3, -0.25) is 9.89 Å². The first kappa shape index (κ1) is 15.8. The maximum absolute atomic E-state index is 12.6. The smallest absolute Gasteiger partial charge is 0.256 e. The molecule has 0 saturated carbocycles. The summed E-state index contributed by atoms with van der Waals surface area (Å²) < 4.78 is 0. The third-order valence-electron chi connectivity index (χ3n) is 4.16. The van der Waals surface area contributed by atoms with Gasteiger partial charge in [0, 0.05) is 16.6 Å². The third kappa shape index (κ3) is 3.26. The second-order valence-corrected chi connectivity index (χ2v) is 5.90. The molecule has 4 rings (SSSR count). The molecule has 1 amide bonds. The van der Waals surface area contributed by atoms with E-state index in [0.29, 0.717) is 5.56 Å². The van der Waals surface area contributed by atoms with Crippen LogP contribution in [0.3, 0.4) is 0 Å². The highest BCUT2D eigenvalue weighted by molar-refractivity contribution is 6.07. The molecule has 0 radical (unpaired) electrons. The number of hydrogen-bond donors (Lipinski definition) is 2. The van der Waals surface area contributed by atoms with Crippen molar-refractivity contribution in [3.8, 4) is 0 Å². The molecule has 1 heterocycles. The van der Waals surface area contributed by atoms with Crippen LogP contribution >= 0.6 is 0 Å². The van der Waals surface area contributed by atoms with Gasteiger partial charge >= 0.3 is 0 Å². The molecule has 0 spiro atoms. The van der Waals surface area contributed by atoms with Crippen molar-refractivity contribution in [2.75, 3.05) is 5.32 Å². The Morgan fingerprint density at radius 1 is 0.846 bits per heavy atom. The number of nitrogens with one attached hydrogen (secondary N) is 2. The number of hydrogen-bond acceptors (Lipinski definition) is 2. The average molecular weight is 339 g/mol. The maximum Gasteiger partial charge on any atom is 0.256 e. The summed E-state index contributed by atoms with van der Waals surface area (Å²) in [5, 5.41) is 11.3. The number of anilines is 1. The van der Waals surface area contributed by atoms with E-state index in [-0.39, 0.29) is 5.91 Å². The van der Waals surface area contributed by atoms with Crippen molar-refractivity contribution < 1.29 is 4.79 Å². The predicted molar refractivity (Wildman–Crippen MR) is 106 cm³/mol. The fourth-order valence-electron chi connectivity index (χ4n) is 2.85. The van der Waals surface area contributed by atoms with Crippen LogP contribution in [0.1, 0.15) is 21.6 Å². The van der Waals surface area contributed by atoms with Crippen molar-refractivity contribution in [3.63, 3.8) is 0 Å². The van der Waals surface area contributed by atoms with Gasteiger partial charge in [-0.1, -0.05) is 60.7 Å². The molecule has 126 valence electrons. The number of H-pyrrole nitrogens is 1. The summed E-state index contributed by atoms with van der Waals surface area (Å²) in [6.45, 7) is 0. The molecule has 3 aromatic carbocycles. The van der Waals surface area contributed by atoms with Gasteiger partial charge in [0.05, 0.1) is 11.2 Å². The first-order valence-electron chi connectivity index (χ1n) is 8.38. The van der Waals surface area contributed by atoms with Crippen molar-refractivity contribution in [1.82, 2.24) is 10.2 Å². The molecule has 4 heteroatoms. The van der Waals surface area contributed by atoms with E-state index < -0.39 is 0 Å². The number of amides is 1. The summed E-state index contributed by atoms with van der Waals surface area (Å²) >= 11 is 0. The highest BCUT2D eigenvalue weighted by Crippen LogP contribution is 2.19. The van der Waals surface area contributed by atoms with E-state index in [1.165, 1.54) is 0 Å². The lowest BCUT2D eigenvalue weighted by Gasteiger charge is -2.07. The minimum absolute atomic E-state index is 0.136. The van der Waals surface area contributed by atoms with Crippen molar-refractivity contribution in [2.45, 2.75) is 0 Å². The van der Waals surface area contributed by atoms with Gasteiger partial charge < -0.3 is 5.32 Å². The van der Waals surface area contributed by atoms with Crippen LogP contribution in [0.25, 0.3) is 23.1 Å². The molecule has 0 bridgehead atoms. The van der Waals surface area contributed by atoms with Crippen LogP contribution in [-0.2, 0) is 0 Å². The molecule has 0 saturated heterocycles. The normalized spacial score (nSPS) is 11.1. The first-order chi connectivity index (χ1) is 12.8. The number of carbonyl (C=O) groups is 1. The van der Waals surface area contributed by atoms with Crippen LogP contribution in [-0.4, -0.2) is 16.1 Å². The number of para-hydroxylation sites is 2. The van der Waals surface area contributed by atoms with Crippen LogP contribution in [0.4, 0.5) is 5.69 Å². The lowest BCUT2D eigenvalue weighted by Crippen LogP contribution is -2.13. The van der Waals surface area contributed by atoms with E-state index in [0.717, 1.165) is 27.8 Å². The average Bonchev–Trinajstić information content (AvgIpc) is 3.10. The summed E-state index contributed by atoms with van der Waals surface area (Å²) in [6, 6.07) is 24.9. The number of fused-ring (bicyclic) bond motifs is 1. The van der Waals surface area contributed by atoms with Gasteiger partial charge in [0.25, 0.3) is 5.91 Å². The number of benzene rings is 3. The molecule has 0 atom stereocenters. The lowest BCUT2D eigenvalue weighted by molar-refractivity contribution is 0.102. The second-order valence-electron chi connectivity index (χ2n) is 5.90. The van der Waals surface area contributed by atoms with Crippen LogP contribution in [0.15, 0.2) is 78.9 Å². The highest BCUT2D eigenvalue weighted by atomic mass is 16.1. The molecule has 0 aliphatic carbocycles. The van der Waals surface area contributed by atoms with Crippen LogP contribution in [0.2, 0.25) is 0 Å². The van der Waals surface area contributed by atoms with Crippen LogP contribution in [0, 0.1) is 0 Å². The Balaban J connectivity index is 1.62. The second kappa shape index (κ2) is 7.07. The molecule has 4 nitrogen and oxygen atoms in total. The Morgan fingerprint density at radius 3 is 2.46 bits per heavy atom. The summed E-state index contributed by atoms with van der Waals surface area (Å²) in [4.78, 5) is 12.6. The van der Waals surface area contributed by atoms with Crippen LogP contribution in [0.5, 0.6) is 0 Å². The summed E-state index contributed by atoms with van der Waals surface area (Å²) in [7, 11) is 0. The molecule has 0 aliphatic heterocycles. The molecule has 0 aliphatic rings. The summed E-state index contributed by atoms with van der Waals surface area (Å²) in [5.74, 6) is -0.136. The third-order valence-corrected chi connectivity index (χ3v) is 4.16. The molecular formula is C22H17N3O. The topological polar surface area (TPSA) is 57.8 Å². The van der Waals surface area contributed by atoms with Crippen molar-refractivity contribution in [3.05, 3.63) is 95.7 Å². The van der Waals surface area contributed by atoms with Gasteiger partial charge in [0.2, 0.25) is 0 Å². The van der Waals surface area contributed by atoms with Gasteiger partial charge in [-0.05, 0) is 35.9 Å². The standard InChI is InChI=1S/C22H17N3O/c26-22(23-17-9-2-1-3-10-17)18-11-5-4-8-16(18)14-15-21-19-12-6-7-13-20(19)24-25-21/h1-15H,(H,23,26)(H,24,25)/b15-14+. The van der Waals surface area contributed by atoms with Gasteiger partial charge in [-0.25, -0.2) is 0 Å². The Bertz CT molecular complexity index is 1080. The number of nitrogens with zero attached hydrogens (tertiary/aromatic N) is 1. The zero-order valence-corrected chi connectivity index (χ0v) is 14.0. The van der Waals surface area contributed by atoms with E-state index in [1.807, 2.05) is 91.0 Å². The van der Waals surface area contributed by atoms with E-state index in [4.69, 9.17) is 0 Å². The molecule has 26 heavy (non-hydrogen) atoms. The Hall–Kier alpha value is -3.66. The SMILES string of the molecule is O=C(Nc1ccccc1)c1ccccc1/C=C/c1n[nH]c2ccccc12. The fourth-order valence-corrected chi connectivity index (χ4v) is 2.85. The molecule has 1 aromatic heterocycles. The number of carbonyl (C=O) groups excluding carboxylic acids is 1. The van der Waals surface area contributed by atoms with Gasteiger partial charge in [-0.2, -0.15) is 5.10 Å². The Kier molecular flexibility index (Phi) is 4.31. The fraction of sp³-hybridized carbons (Fsp3) is 0.